The molecule has 5 heavy (non-hydrogen) atoms. The van der Waals surface area contributed by atoms with Crippen LogP contribution in [0.4, 0.5) is 0 Å². The summed E-state index contributed by atoms with van der Waals surface area (Å²) in [4.78, 5) is 0. The highest BCUT2D eigenvalue weighted by Gasteiger charge is 1.37. The highest BCUT2D eigenvalue weighted by atomic mass is 35.5. The number of hydrogen-bond acceptors (Lipinski definition) is 0. The van der Waals surface area contributed by atoms with Gasteiger partial charge >= 0.3 is 0 Å². The summed E-state index contributed by atoms with van der Waals surface area (Å²) in [5, 5.41) is 0. The Morgan fingerprint density at radius 3 is 1.40 bits per heavy atom. The SMILES string of the molecule is Cl.Cl.[B]CC. The maximum Gasteiger partial charge on any atom is 0.0649 e. The van der Waals surface area contributed by atoms with Crippen molar-refractivity contribution in [1.29, 1.82) is 0 Å². The van der Waals surface area contributed by atoms with Gasteiger partial charge in [-0.25, -0.2) is 0 Å². The number of rotatable bonds is 0. The van der Waals surface area contributed by atoms with Crippen LogP contribution in [0.25, 0.3) is 0 Å². The molecule has 0 amide bonds. The molecule has 0 saturated carbocycles. The minimum Gasteiger partial charge on any atom is -0.147 e. The van der Waals surface area contributed by atoms with Gasteiger partial charge in [0.1, 0.15) is 0 Å². The molecule has 0 unspecified atom stereocenters. The average Bonchev–Trinajstić information content (AvgIpc) is 0.918. The third kappa shape index (κ3) is 78.1. The van der Waals surface area contributed by atoms with E-state index in [2.05, 4.69) is 0 Å². The molecule has 0 aliphatic rings. The summed E-state index contributed by atoms with van der Waals surface area (Å²) in [6.07, 6.45) is 0.750. The van der Waals surface area contributed by atoms with Crippen LogP contribution in [-0.2, 0) is 0 Å². The fraction of sp³-hybridized carbons (Fsp3) is 1.00. The predicted octanol–water partition coefficient (Wildman–Crippen LogP) is 1.44. The smallest absolute Gasteiger partial charge is 0.0649 e. The second kappa shape index (κ2) is 22.8. The third-order valence-electron chi connectivity index (χ3n) is 0. The molecule has 0 N–H and O–H groups in total. The first-order valence-electron chi connectivity index (χ1n) is 1.12. The molecule has 0 aromatic carbocycles. The van der Waals surface area contributed by atoms with Crippen molar-refractivity contribution in [2.45, 2.75) is 13.2 Å². The summed E-state index contributed by atoms with van der Waals surface area (Å²) in [6.45, 7) is 1.90. The average molecular weight is 113 g/mol. The fourth-order valence-electron chi connectivity index (χ4n) is 0. The lowest BCUT2D eigenvalue weighted by Gasteiger charge is -1.46. The molecule has 0 aliphatic carbocycles. The summed E-state index contributed by atoms with van der Waals surface area (Å²) in [5.41, 5.74) is 0. The predicted molar refractivity (Wildman–Crippen MR) is 30.7 cm³/mol. The third-order valence-corrected chi connectivity index (χ3v) is 0. The van der Waals surface area contributed by atoms with E-state index in [1.165, 1.54) is 0 Å². The molecule has 0 nitrogen and oxygen atoms in total. The van der Waals surface area contributed by atoms with Crippen molar-refractivity contribution in [3.63, 3.8) is 0 Å². The first-order chi connectivity index (χ1) is 1.41. The Kier molecular flexibility index (Phi) is 79.4. The van der Waals surface area contributed by atoms with Crippen LogP contribution in [0.15, 0.2) is 0 Å². The number of hydrogen-bond donors (Lipinski definition) is 0. The first-order valence-corrected chi connectivity index (χ1v) is 1.12. The van der Waals surface area contributed by atoms with E-state index < -0.39 is 0 Å². The molecule has 0 bridgehead atoms. The van der Waals surface area contributed by atoms with Gasteiger partial charge in [-0.15, -0.1) is 24.8 Å². The zero-order valence-corrected chi connectivity index (χ0v) is 4.73. The summed E-state index contributed by atoms with van der Waals surface area (Å²) >= 11 is 0. The molecule has 0 saturated heterocycles. The molecule has 0 rings (SSSR count). The monoisotopic (exact) mass is 112 g/mol. The van der Waals surface area contributed by atoms with Gasteiger partial charge < -0.3 is 0 Å². The van der Waals surface area contributed by atoms with Gasteiger partial charge in [0.05, 0.1) is 7.85 Å². The standard InChI is InChI=1S/C2H5B.2ClH/c1-2-3;;/h2H2,1H3;2*1H. The van der Waals surface area contributed by atoms with Crippen LogP contribution in [0.2, 0.25) is 6.32 Å². The topological polar surface area (TPSA) is 0 Å². The summed E-state index contributed by atoms with van der Waals surface area (Å²) in [7, 11) is 4.85. The fourth-order valence-corrected chi connectivity index (χ4v) is 0. The van der Waals surface area contributed by atoms with E-state index in [9.17, 15) is 0 Å². The molecule has 0 heterocycles. The largest absolute Gasteiger partial charge is 0.147 e. The molecule has 0 fully saturated rings. The van der Waals surface area contributed by atoms with Gasteiger partial charge in [-0.1, -0.05) is 13.2 Å². The van der Waals surface area contributed by atoms with Crippen molar-refractivity contribution < 1.29 is 0 Å². The van der Waals surface area contributed by atoms with Gasteiger partial charge in [-0.05, 0) is 0 Å². The first kappa shape index (κ1) is 17.4. The van der Waals surface area contributed by atoms with Crippen molar-refractivity contribution in [3.8, 4) is 0 Å². The molecule has 3 heteroatoms. The van der Waals surface area contributed by atoms with Gasteiger partial charge in [-0.2, -0.15) is 0 Å². The molecule has 2 radical (unpaired) electrons. The molecular formula is C2H7BCl2. The zero-order valence-electron chi connectivity index (χ0n) is 3.10. The van der Waals surface area contributed by atoms with Crippen molar-refractivity contribution in [2.75, 3.05) is 0 Å². The Balaban J connectivity index is -0.0000000200. The Morgan fingerprint density at radius 1 is 1.40 bits per heavy atom. The Morgan fingerprint density at radius 2 is 1.40 bits per heavy atom. The lowest BCUT2D eigenvalue weighted by molar-refractivity contribution is 1.48. The van der Waals surface area contributed by atoms with E-state index in [1.807, 2.05) is 6.92 Å². The van der Waals surface area contributed by atoms with Crippen molar-refractivity contribution >= 4 is 32.7 Å². The van der Waals surface area contributed by atoms with Crippen LogP contribution < -0.4 is 0 Å². The molecule has 0 spiro atoms. The van der Waals surface area contributed by atoms with E-state index in [0.29, 0.717) is 0 Å². The van der Waals surface area contributed by atoms with Gasteiger partial charge in [0.2, 0.25) is 0 Å². The maximum atomic E-state index is 4.85. The lowest BCUT2D eigenvalue weighted by atomic mass is 10.1. The second-order valence-electron chi connectivity index (χ2n) is 0.408. The van der Waals surface area contributed by atoms with E-state index in [-0.39, 0.29) is 24.8 Å². The molecule has 0 aromatic heterocycles. The minimum absolute atomic E-state index is 0. The summed E-state index contributed by atoms with van der Waals surface area (Å²) in [5.74, 6) is 0. The van der Waals surface area contributed by atoms with Crippen LogP contribution in [-0.4, -0.2) is 7.85 Å². The van der Waals surface area contributed by atoms with Crippen LogP contribution in [0, 0.1) is 0 Å². The van der Waals surface area contributed by atoms with E-state index in [0.717, 1.165) is 6.32 Å². The van der Waals surface area contributed by atoms with Crippen LogP contribution in [0.1, 0.15) is 6.92 Å². The second-order valence-corrected chi connectivity index (χ2v) is 0.408. The summed E-state index contributed by atoms with van der Waals surface area (Å²) < 4.78 is 0. The van der Waals surface area contributed by atoms with Gasteiger partial charge in [-0.3, -0.25) is 0 Å². The van der Waals surface area contributed by atoms with Crippen LogP contribution in [0.3, 0.4) is 0 Å². The summed E-state index contributed by atoms with van der Waals surface area (Å²) in [6, 6.07) is 0. The van der Waals surface area contributed by atoms with Crippen LogP contribution in [0.5, 0.6) is 0 Å². The van der Waals surface area contributed by atoms with Crippen molar-refractivity contribution in [3.05, 3.63) is 0 Å². The molecular weight excluding hydrogens is 106 g/mol. The maximum absolute atomic E-state index is 4.85. The highest BCUT2D eigenvalue weighted by molar-refractivity contribution is 6.08. The number of halogens is 2. The quantitative estimate of drug-likeness (QED) is 0.416. The Bertz CT molecular complexity index is 7.61. The van der Waals surface area contributed by atoms with Crippen molar-refractivity contribution in [2.24, 2.45) is 0 Å². The van der Waals surface area contributed by atoms with Gasteiger partial charge in [0, 0.05) is 0 Å². The van der Waals surface area contributed by atoms with E-state index in [4.69, 9.17) is 7.85 Å². The van der Waals surface area contributed by atoms with E-state index in [1.54, 1.807) is 0 Å². The minimum atomic E-state index is 0. The lowest BCUT2D eigenvalue weighted by Crippen LogP contribution is -1.41. The zero-order chi connectivity index (χ0) is 2.71. The molecule has 32 valence electrons. The molecule has 0 aromatic rings. The highest BCUT2D eigenvalue weighted by Crippen LogP contribution is 1.49. The molecule has 0 atom stereocenters. The van der Waals surface area contributed by atoms with Gasteiger partial charge in [0.15, 0.2) is 0 Å². The normalized spacial score (nSPS) is 3.40. The Labute approximate surface area is 46.6 Å². The van der Waals surface area contributed by atoms with E-state index >= 15 is 0 Å². The van der Waals surface area contributed by atoms with Crippen molar-refractivity contribution in [1.82, 2.24) is 0 Å². The van der Waals surface area contributed by atoms with Crippen LogP contribution >= 0.6 is 24.8 Å². The Hall–Kier alpha value is 0.645. The molecule has 0 aliphatic heterocycles. The van der Waals surface area contributed by atoms with Gasteiger partial charge in [0.25, 0.3) is 0 Å².